The summed E-state index contributed by atoms with van der Waals surface area (Å²) in [7, 11) is 1.89. The smallest absolute Gasteiger partial charge is 0.191 e. The van der Waals surface area contributed by atoms with Gasteiger partial charge in [-0.15, -0.1) is 0 Å². The second kappa shape index (κ2) is 6.60. The van der Waals surface area contributed by atoms with E-state index in [-0.39, 0.29) is 17.7 Å². The van der Waals surface area contributed by atoms with Crippen LogP contribution in [0.4, 0.5) is 5.82 Å². The number of hydrogen-bond acceptors (Lipinski definition) is 4. The SMILES string of the molecule is CN(CCCO)c1cccc(C(=O)CBr)n1. The third-order valence-corrected chi connectivity index (χ3v) is 2.69. The van der Waals surface area contributed by atoms with Gasteiger partial charge in [0.2, 0.25) is 0 Å². The highest BCUT2D eigenvalue weighted by molar-refractivity contribution is 9.09. The number of anilines is 1. The van der Waals surface area contributed by atoms with Gasteiger partial charge in [-0.3, -0.25) is 4.79 Å². The topological polar surface area (TPSA) is 53.4 Å². The van der Waals surface area contributed by atoms with E-state index >= 15 is 0 Å². The van der Waals surface area contributed by atoms with E-state index in [1.54, 1.807) is 6.07 Å². The van der Waals surface area contributed by atoms with E-state index in [2.05, 4.69) is 20.9 Å². The number of carbonyl (C=O) groups is 1. The lowest BCUT2D eigenvalue weighted by Gasteiger charge is -2.17. The highest BCUT2D eigenvalue weighted by Crippen LogP contribution is 2.11. The normalized spacial score (nSPS) is 10.2. The summed E-state index contributed by atoms with van der Waals surface area (Å²) < 4.78 is 0. The molecule has 16 heavy (non-hydrogen) atoms. The molecule has 0 radical (unpaired) electrons. The van der Waals surface area contributed by atoms with Crippen LogP contribution in [-0.2, 0) is 0 Å². The fourth-order valence-electron chi connectivity index (χ4n) is 1.28. The van der Waals surface area contributed by atoms with Crippen LogP contribution in [0.15, 0.2) is 18.2 Å². The molecular formula is C11H15BrN2O2. The molecule has 0 bridgehead atoms. The summed E-state index contributed by atoms with van der Waals surface area (Å²) in [6, 6.07) is 5.36. The third-order valence-electron chi connectivity index (χ3n) is 2.18. The van der Waals surface area contributed by atoms with Crippen LogP contribution in [0.5, 0.6) is 0 Å². The maximum atomic E-state index is 11.4. The molecule has 4 nitrogen and oxygen atoms in total. The van der Waals surface area contributed by atoms with Crippen molar-refractivity contribution >= 4 is 27.5 Å². The van der Waals surface area contributed by atoms with Crippen molar-refractivity contribution < 1.29 is 9.90 Å². The number of Topliss-reactive ketones (excluding diaryl/α,β-unsaturated/α-hetero) is 1. The van der Waals surface area contributed by atoms with Gasteiger partial charge in [0.25, 0.3) is 0 Å². The van der Waals surface area contributed by atoms with Crippen LogP contribution in [0.2, 0.25) is 0 Å². The number of aromatic nitrogens is 1. The molecule has 0 aliphatic heterocycles. The molecule has 0 atom stereocenters. The molecule has 1 heterocycles. The molecule has 0 aliphatic carbocycles. The molecule has 1 N–H and O–H groups in total. The first-order valence-electron chi connectivity index (χ1n) is 5.07. The number of carbonyl (C=O) groups excluding carboxylic acids is 1. The average Bonchev–Trinajstić information content (AvgIpc) is 2.35. The van der Waals surface area contributed by atoms with E-state index in [1.807, 2.05) is 24.1 Å². The first kappa shape index (κ1) is 13.1. The zero-order chi connectivity index (χ0) is 12.0. The van der Waals surface area contributed by atoms with E-state index in [0.717, 1.165) is 12.4 Å². The Balaban J connectivity index is 2.77. The Kier molecular flexibility index (Phi) is 5.42. The minimum atomic E-state index is -0.0302. The van der Waals surface area contributed by atoms with Gasteiger partial charge in [0.05, 0.1) is 5.33 Å². The van der Waals surface area contributed by atoms with Crippen LogP contribution in [-0.4, -0.2) is 41.4 Å². The quantitative estimate of drug-likeness (QED) is 0.636. The lowest BCUT2D eigenvalue weighted by atomic mass is 10.2. The van der Waals surface area contributed by atoms with Crippen molar-refractivity contribution in [3.8, 4) is 0 Å². The largest absolute Gasteiger partial charge is 0.396 e. The predicted octanol–water partition coefficient (Wildman–Crippen LogP) is 1.48. The molecular weight excluding hydrogens is 272 g/mol. The first-order chi connectivity index (χ1) is 7.69. The number of ketones is 1. The van der Waals surface area contributed by atoms with Gasteiger partial charge in [-0.05, 0) is 18.6 Å². The lowest BCUT2D eigenvalue weighted by Crippen LogP contribution is -2.21. The Morgan fingerprint density at radius 2 is 2.31 bits per heavy atom. The first-order valence-corrected chi connectivity index (χ1v) is 6.19. The van der Waals surface area contributed by atoms with Crippen LogP contribution >= 0.6 is 15.9 Å². The molecule has 0 saturated carbocycles. The minimum Gasteiger partial charge on any atom is -0.396 e. The van der Waals surface area contributed by atoms with Gasteiger partial charge in [-0.2, -0.15) is 0 Å². The predicted molar refractivity (Wildman–Crippen MR) is 67.3 cm³/mol. The molecule has 0 spiro atoms. The maximum absolute atomic E-state index is 11.4. The van der Waals surface area contributed by atoms with Crippen molar-refractivity contribution in [3.05, 3.63) is 23.9 Å². The monoisotopic (exact) mass is 286 g/mol. The van der Waals surface area contributed by atoms with E-state index in [0.29, 0.717) is 12.1 Å². The summed E-state index contributed by atoms with van der Waals surface area (Å²) in [6.45, 7) is 0.875. The summed E-state index contributed by atoms with van der Waals surface area (Å²) in [5.74, 6) is 0.720. The summed E-state index contributed by atoms with van der Waals surface area (Å²) >= 11 is 3.12. The summed E-state index contributed by atoms with van der Waals surface area (Å²) in [5.41, 5.74) is 0.463. The number of alkyl halides is 1. The Labute approximate surface area is 103 Å². The van der Waals surface area contributed by atoms with E-state index in [1.165, 1.54) is 0 Å². The number of halogens is 1. The number of aliphatic hydroxyl groups excluding tert-OH is 1. The highest BCUT2D eigenvalue weighted by atomic mass is 79.9. The summed E-state index contributed by atoms with van der Waals surface area (Å²) in [5, 5.41) is 9.02. The van der Waals surface area contributed by atoms with Gasteiger partial charge in [0.1, 0.15) is 11.5 Å². The molecule has 0 saturated heterocycles. The van der Waals surface area contributed by atoms with Gasteiger partial charge < -0.3 is 10.0 Å². The van der Waals surface area contributed by atoms with Crippen LogP contribution in [0.25, 0.3) is 0 Å². The fraction of sp³-hybridized carbons (Fsp3) is 0.455. The molecule has 0 amide bonds. The summed E-state index contributed by atoms with van der Waals surface area (Å²) in [4.78, 5) is 17.6. The fourth-order valence-corrected chi connectivity index (χ4v) is 1.57. The average molecular weight is 287 g/mol. The van der Waals surface area contributed by atoms with Crippen molar-refractivity contribution in [1.29, 1.82) is 0 Å². The van der Waals surface area contributed by atoms with Gasteiger partial charge in [-0.25, -0.2) is 4.98 Å². The minimum absolute atomic E-state index is 0.0302. The zero-order valence-electron chi connectivity index (χ0n) is 9.19. The van der Waals surface area contributed by atoms with Crippen LogP contribution in [0.1, 0.15) is 16.9 Å². The Bertz CT molecular complexity index is 358. The molecule has 88 valence electrons. The molecule has 0 unspecified atom stereocenters. The van der Waals surface area contributed by atoms with Crippen LogP contribution in [0.3, 0.4) is 0 Å². The summed E-state index contributed by atoms with van der Waals surface area (Å²) in [6.07, 6.45) is 0.689. The molecule has 5 heteroatoms. The molecule has 1 aromatic heterocycles. The third kappa shape index (κ3) is 3.57. The Hall–Kier alpha value is -0.940. The Morgan fingerprint density at radius 1 is 1.56 bits per heavy atom. The second-order valence-electron chi connectivity index (χ2n) is 3.44. The number of rotatable bonds is 6. The molecule has 1 rings (SSSR count). The zero-order valence-corrected chi connectivity index (χ0v) is 10.8. The van der Waals surface area contributed by atoms with Crippen LogP contribution < -0.4 is 4.90 Å². The van der Waals surface area contributed by atoms with Gasteiger partial charge in [0.15, 0.2) is 5.78 Å². The van der Waals surface area contributed by atoms with E-state index in [9.17, 15) is 4.79 Å². The van der Waals surface area contributed by atoms with Crippen molar-refractivity contribution in [2.45, 2.75) is 6.42 Å². The number of aliphatic hydroxyl groups is 1. The van der Waals surface area contributed by atoms with E-state index in [4.69, 9.17) is 5.11 Å². The molecule has 0 aromatic carbocycles. The number of hydrogen-bond donors (Lipinski definition) is 1. The van der Waals surface area contributed by atoms with Crippen molar-refractivity contribution in [1.82, 2.24) is 4.98 Å². The second-order valence-corrected chi connectivity index (χ2v) is 4.00. The molecule has 0 aliphatic rings. The maximum Gasteiger partial charge on any atom is 0.191 e. The van der Waals surface area contributed by atoms with Crippen molar-refractivity contribution in [2.24, 2.45) is 0 Å². The number of nitrogens with zero attached hydrogens (tertiary/aromatic N) is 2. The van der Waals surface area contributed by atoms with Gasteiger partial charge in [0, 0.05) is 20.2 Å². The number of pyridine rings is 1. The molecule has 0 fully saturated rings. The Morgan fingerprint density at radius 3 is 2.94 bits per heavy atom. The molecule has 1 aromatic rings. The van der Waals surface area contributed by atoms with Crippen LogP contribution in [0, 0.1) is 0 Å². The van der Waals surface area contributed by atoms with Gasteiger partial charge in [-0.1, -0.05) is 22.0 Å². The van der Waals surface area contributed by atoms with Gasteiger partial charge >= 0.3 is 0 Å². The highest BCUT2D eigenvalue weighted by Gasteiger charge is 2.08. The van der Waals surface area contributed by atoms with E-state index < -0.39 is 0 Å². The van der Waals surface area contributed by atoms with Crippen molar-refractivity contribution in [3.63, 3.8) is 0 Å². The van der Waals surface area contributed by atoms with Crippen molar-refractivity contribution in [2.75, 3.05) is 30.4 Å². The standard InChI is InChI=1S/C11H15BrN2O2/c1-14(6-3-7-15)11-5-2-4-9(13-11)10(16)8-12/h2,4-5,15H,3,6-8H2,1H3. The lowest BCUT2D eigenvalue weighted by molar-refractivity contribution is 0.101.